The number of methoxy groups -OCH3 is 2. The summed E-state index contributed by atoms with van der Waals surface area (Å²) in [5, 5.41) is 11.0. The Hall–Kier alpha value is -0.330. The van der Waals surface area contributed by atoms with Crippen LogP contribution in [-0.4, -0.2) is 47.6 Å². The SMILES string of the molecule is CCSC[C@H](SCC)[C@H](SCC)c1cc(OC)c(O)c(OC)c1. The van der Waals surface area contributed by atoms with Crippen LogP contribution in [0.4, 0.5) is 0 Å². The Balaban J connectivity index is 3.20. The van der Waals surface area contributed by atoms with Gasteiger partial charge in [-0.1, -0.05) is 20.8 Å². The summed E-state index contributed by atoms with van der Waals surface area (Å²) in [5.41, 5.74) is 1.16. The Morgan fingerprint density at radius 1 is 0.957 bits per heavy atom. The number of rotatable bonds is 11. The molecule has 23 heavy (non-hydrogen) atoms. The van der Waals surface area contributed by atoms with Crippen molar-refractivity contribution in [2.75, 3.05) is 37.2 Å². The predicted octanol–water partition coefficient (Wildman–Crippen LogP) is 5.08. The van der Waals surface area contributed by atoms with Gasteiger partial charge in [0.25, 0.3) is 0 Å². The summed E-state index contributed by atoms with van der Waals surface area (Å²) < 4.78 is 10.7. The number of phenolic OH excluding ortho intramolecular Hbond substituents is 1. The third-order valence-electron chi connectivity index (χ3n) is 3.38. The van der Waals surface area contributed by atoms with Gasteiger partial charge in [-0.3, -0.25) is 0 Å². The van der Waals surface area contributed by atoms with Crippen molar-refractivity contribution in [3.63, 3.8) is 0 Å². The molecule has 0 amide bonds. The second kappa shape index (κ2) is 11.3. The lowest BCUT2D eigenvalue weighted by atomic mass is 10.1. The van der Waals surface area contributed by atoms with Crippen LogP contribution in [-0.2, 0) is 0 Å². The van der Waals surface area contributed by atoms with Crippen molar-refractivity contribution in [2.24, 2.45) is 0 Å². The molecule has 0 saturated carbocycles. The fraction of sp³-hybridized carbons (Fsp3) is 0.647. The fourth-order valence-electron chi connectivity index (χ4n) is 2.35. The van der Waals surface area contributed by atoms with Crippen molar-refractivity contribution in [1.82, 2.24) is 0 Å². The molecule has 0 heterocycles. The highest BCUT2D eigenvalue weighted by atomic mass is 32.2. The van der Waals surface area contributed by atoms with Gasteiger partial charge in [-0.2, -0.15) is 35.3 Å². The largest absolute Gasteiger partial charge is 0.502 e. The van der Waals surface area contributed by atoms with E-state index >= 15 is 0 Å². The van der Waals surface area contributed by atoms with Crippen LogP contribution in [0.2, 0.25) is 0 Å². The lowest BCUT2D eigenvalue weighted by Gasteiger charge is -2.27. The average Bonchev–Trinajstić information content (AvgIpc) is 2.57. The molecule has 0 aromatic heterocycles. The molecule has 0 spiro atoms. The van der Waals surface area contributed by atoms with Gasteiger partial charge in [0.05, 0.1) is 14.2 Å². The summed E-state index contributed by atoms with van der Waals surface area (Å²) in [6, 6.07) is 3.90. The molecule has 0 fully saturated rings. The molecule has 0 saturated heterocycles. The number of benzene rings is 1. The third kappa shape index (κ3) is 5.91. The van der Waals surface area contributed by atoms with Crippen LogP contribution in [0.5, 0.6) is 17.2 Å². The van der Waals surface area contributed by atoms with Gasteiger partial charge in [0, 0.05) is 16.3 Å². The molecule has 0 radical (unpaired) electrons. The third-order valence-corrected chi connectivity index (χ3v) is 7.26. The molecule has 2 atom stereocenters. The minimum absolute atomic E-state index is 0.0710. The highest BCUT2D eigenvalue weighted by molar-refractivity contribution is 8.05. The highest BCUT2D eigenvalue weighted by Crippen LogP contribution is 2.45. The maximum absolute atomic E-state index is 10.1. The summed E-state index contributed by atoms with van der Waals surface area (Å²) in [6.45, 7) is 6.60. The topological polar surface area (TPSA) is 38.7 Å². The molecule has 132 valence electrons. The molecular formula is C17H28O3S3. The van der Waals surface area contributed by atoms with Crippen molar-refractivity contribution in [3.05, 3.63) is 17.7 Å². The van der Waals surface area contributed by atoms with Gasteiger partial charge in [-0.15, -0.1) is 0 Å². The second-order valence-corrected chi connectivity index (χ2v) is 9.06. The van der Waals surface area contributed by atoms with Crippen LogP contribution >= 0.6 is 35.3 Å². The monoisotopic (exact) mass is 376 g/mol. The van der Waals surface area contributed by atoms with E-state index in [0.29, 0.717) is 22.0 Å². The van der Waals surface area contributed by atoms with Crippen LogP contribution in [0.1, 0.15) is 31.6 Å². The Labute approximate surface area is 153 Å². The van der Waals surface area contributed by atoms with E-state index in [2.05, 4.69) is 20.8 Å². The molecule has 1 N–H and O–H groups in total. The first-order valence-corrected chi connectivity index (χ1v) is 11.1. The lowest BCUT2D eigenvalue weighted by Crippen LogP contribution is -2.17. The maximum atomic E-state index is 10.1. The van der Waals surface area contributed by atoms with Gasteiger partial charge in [-0.05, 0) is 35.0 Å². The molecule has 0 aliphatic heterocycles. The van der Waals surface area contributed by atoms with E-state index in [1.54, 1.807) is 14.2 Å². The summed E-state index contributed by atoms with van der Waals surface area (Å²) in [4.78, 5) is 0. The first kappa shape index (κ1) is 20.7. The molecule has 1 aromatic carbocycles. The van der Waals surface area contributed by atoms with Crippen LogP contribution in [0, 0.1) is 0 Å². The molecule has 0 bridgehead atoms. The Bertz CT molecular complexity index is 443. The standard InChI is InChI=1S/C17H28O3S3/c1-6-21-11-15(22-7-2)17(23-8-3)12-9-13(19-4)16(18)14(10-12)20-5/h9-10,15,17-18H,6-8,11H2,1-5H3/t15-,17+/m0/s1. The summed E-state index contributed by atoms with van der Waals surface area (Å²) >= 11 is 5.93. The van der Waals surface area contributed by atoms with Gasteiger partial charge >= 0.3 is 0 Å². The van der Waals surface area contributed by atoms with E-state index < -0.39 is 0 Å². The Kier molecular flexibility index (Phi) is 10.1. The van der Waals surface area contributed by atoms with E-state index in [9.17, 15) is 5.11 Å². The van der Waals surface area contributed by atoms with Gasteiger partial charge in [0.15, 0.2) is 11.5 Å². The second-order valence-electron chi connectivity index (χ2n) is 4.80. The molecule has 0 aliphatic rings. The Morgan fingerprint density at radius 3 is 1.96 bits per heavy atom. The van der Waals surface area contributed by atoms with Crippen molar-refractivity contribution in [3.8, 4) is 17.2 Å². The van der Waals surface area contributed by atoms with Gasteiger partial charge in [0.1, 0.15) is 0 Å². The predicted molar refractivity (Wildman–Crippen MR) is 107 cm³/mol. The quantitative estimate of drug-likeness (QED) is 0.581. The van der Waals surface area contributed by atoms with E-state index in [0.717, 1.165) is 28.6 Å². The van der Waals surface area contributed by atoms with Crippen molar-refractivity contribution < 1.29 is 14.6 Å². The van der Waals surface area contributed by atoms with Crippen molar-refractivity contribution in [1.29, 1.82) is 0 Å². The molecule has 0 aliphatic carbocycles. The van der Waals surface area contributed by atoms with Crippen LogP contribution in [0.25, 0.3) is 0 Å². The minimum Gasteiger partial charge on any atom is -0.502 e. The van der Waals surface area contributed by atoms with Crippen molar-refractivity contribution in [2.45, 2.75) is 31.3 Å². The van der Waals surface area contributed by atoms with E-state index in [-0.39, 0.29) is 5.75 Å². The first-order valence-electron chi connectivity index (χ1n) is 7.88. The smallest absolute Gasteiger partial charge is 0.200 e. The van der Waals surface area contributed by atoms with E-state index in [1.807, 2.05) is 47.4 Å². The number of aromatic hydroxyl groups is 1. The number of hydrogen-bond acceptors (Lipinski definition) is 6. The van der Waals surface area contributed by atoms with E-state index in [1.165, 1.54) is 0 Å². The van der Waals surface area contributed by atoms with Crippen LogP contribution < -0.4 is 9.47 Å². The normalized spacial score (nSPS) is 13.6. The van der Waals surface area contributed by atoms with Crippen LogP contribution in [0.3, 0.4) is 0 Å². The Morgan fingerprint density at radius 2 is 1.52 bits per heavy atom. The zero-order chi connectivity index (χ0) is 17.2. The summed E-state index contributed by atoms with van der Waals surface area (Å²) in [6.07, 6.45) is 0. The average molecular weight is 377 g/mol. The number of ether oxygens (including phenoxy) is 2. The maximum Gasteiger partial charge on any atom is 0.200 e. The van der Waals surface area contributed by atoms with Gasteiger partial charge < -0.3 is 14.6 Å². The molecule has 0 unspecified atom stereocenters. The van der Waals surface area contributed by atoms with Crippen LogP contribution in [0.15, 0.2) is 12.1 Å². The summed E-state index contributed by atoms with van der Waals surface area (Å²) in [7, 11) is 3.15. The van der Waals surface area contributed by atoms with Crippen molar-refractivity contribution >= 4 is 35.3 Å². The zero-order valence-corrected chi connectivity index (χ0v) is 17.1. The molecule has 3 nitrogen and oxygen atoms in total. The highest BCUT2D eigenvalue weighted by Gasteiger charge is 2.26. The number of thioether (sulfide) groups is 3. The van der Waals surface area contributed by atoms with E-state index in [4.69, 9.17) is 9.47 Å². The summed E-state index contributed by atoms with van der Waals surface area (Å²) in [5.74, 6) is 5.43. The molecule has 1 aromatic rings. The molecular weight excluding hydrogens is 348 g/mol. The fourth-order valence-corrected chi connectivity index (χ4v) is 6.03. The number of hydrogen-bond donors (Lipinski definition) is 1. The zero-order valence-electron chi connectivity index (χ0n) is 14.6. The molecule has 6 heteroatoms. The minimum atomic E-state index is 0.0710. The first-order chi connectivity index (χ1) is 11.1. The molecule has 1 rings (SSSR count). The van der Waals surface area contributed by atoms with Gasteiger partial charge in [-0.25, -0.2) is 0 Å². The van der Waals surface area contributed by atoms with Gasteiger partial charge in [0.2, 0.25) is 5.75 Å². The number of phenols is 1. The lowest BCUT2D eigenvalue weighted by molar-refractivity contribution is 0.339.